The van der Waals surface area contributed by atoms with E-state index in [1.54, 1.807) is 0 Å². The van der Waals surface area contributed by atoms with Crippen LogP contribution >= 0.6 is 0 Å². The number of ether oxygens (including phenoxy) is 1. The third kappa shape index (κ3) is 3.18. The summed E-state index contributed by atoms with van der Waals surface area (Å²) in [5.74, 6) is 0.562. The summed E-state index contributed by atoms with van der Waals surface area (Å²) in [6.45, 7) is 4.99. The first-order chi connectivity index (χ1) is 9.56. The maximum absolute atomic E-state index is 11.0. The Morgan fingerprint density at radius 1 is 1.50 bits per heavy atom. The van der Waals surface area contributed by atoms with Crippen LogP contribution in [0.1, 0.15) is 38.2 Å². The van der Waals surface area contributed by atoms with E-state index in [0.29, 0.717) is 19.0 Å². The van der Waals surface area contributed by atoms with Gasteiger partial charge in [0.25, 0.3) is 0 Å². The molecule has 1 heterocycles. The van der Waals surface area contributed by atoms with Crippen molar-refractivity contribution in [3.63, 3.8) is 0 Å². The van der Waals surface area contributed by atoms with Gasteiger partial charge < -0.3 is 15.2 Å². The lowest BCUT2D eigenvalue weighted by Gasteiger charge is -2.41. The van der Waals surface area contributed by atoms with E-state index in [-0.39, 0.29) is 11.8 Å². The number of aromatic nitrogens is 2. The molecule has 1 fully saturated rings. The number of anilines is 1. The van der Waals surface area contributed by atoms with Crippen molar-refractivity contribution < 1.29 is 14.6 Å². The van der Waals surface area contributed by atoms with Gasteiger partial charge >= 0.3 is 5.97 Å². The minimum Gasteiger partial charge on any atom is -0.481 e. The zero-order chi connectivity index (χ0) is 14.6. The minimum atomic E-state index is -0.735. The Kier molecular flexibility index (Phi) is 4.42. The largest absolute Gasteiger partial charge is 0.481 e. The van der Waals surface area contributed by atoms with E-state index in [4.69, 9.17) is 9.84 Å². The number of hydrogen-bond donors (Lipinski definition) is 2. The second kappa shape index (κ2) is 6.07. The first-order valence-electron chi connectivity index (χ1n) is 6.96. The summed E-state index contributed by atoms with van der Waals surface area (Å²) in [7, 11) is 0. The van der Waals surface area contributed by atoms with Crippen molar-refractivity contribution in [3.8, 4) is 5.88 Å². The molecule has 6 nitrogen and oxygen atoms in total. The lowest BCUT2D eigenvalue weighted by atomic mass is 9.66. The topological polar surface area (TPSA) is 84.3 Å². The van der Waals surface area contributed by atoms with Crippen LogP contribution in [0.3, 0.4) is 0 Å². The molecule has 2 N–H and O–H groups in total. The van der Waals surface area contributed by atoms with Crippen molar-refractivity contribution >= 4 is 11.8 Å². The zero-order valence-electron chi connectivity index (χ0n) is 12.0. The Balaban J connectivity index is 2.03. The fourth-order valence-corrected chi connectivity index (χ4v) is 2.58. The van der Waals surface area contributed by atoms with E-state index in [9.17, 15) is 4.79 Å². The Bertz CT molecular complexity index is 487. The summed E-state index contributed by atoms with van der Waals surface area (Å²) in [6.07, 6.45) is 4.68. The van der Waals surface area contributed by atoms with Crippen molar-refractivity contribution in [1.82, 2.24) is 9.97 Å². The van der Waals surface area contributed by atoms with Crippen LogP contribution in [0.5, 0.6) is 5.88 Å². The lowest BCUT2D eigenvalue weighted by molar-refractivity contribution is -0.141. The van der Waals surface area contributed by atoms with Gasteiger partial charge in [-0.1, -0.05) is 6.42 Å². The van der Waals surface area contributed by atoms with Crippen molar-refractivity contribution in [2.24, 2.45) is 5.41 Å². The number of carbonyl (C=O) groups is 1. The minimum absolute atomic E-state index is 0.130. The molecule has 20 heavy (non-hydrogen) atoms. The summed E-state index contributed by atoms with van der Waals surface area (Å²) in [6, 6.07) is 0. The van der Waals surface area contributed by atoms with E-state index < -0.39 is 5.97 Å². The van der Waals surface area contributed by atoms with Crippen LogP contribution in [0.2, 0.25) is 0 Å². The second-order valence-corrected chi connectivity index (χ2v) is 5.36. The first-order valence-corrected chi connectivity index (χ1v) is 6.96. The number of aliphatic carboxylic acids is 1. The van der Waals surface area contributed by atoms with E-state index in [1.807, 2.05) is 13.8 Å². The number of carboxylic acid groups (broad SMARTS) is 1. The van der Waals surface area contributed by atoms with Gasteiger partial charge in [0.15, 0.2) is 0 Å². The monoisotopic (exact) mass is 279 g/mol. The predicted octanol–water partition coefficient (Wildman–Crippen LogP) is 2.24. The summed E-state index contributed by atoms with van der Waals surface area (Å²) in [5, 5.41) is 12.3. The molecular weight excluding hydrogens is 258 g/mol. The van der Waals surface area contributed by atoms with Crippen molar-refractivity contribution in [1.29, 1.82) is 0 Å². The fourth-order valence-electron chi connectivity index (χ4n) is 2.58. The number of hydrogen-bond acceptors (Lipinski definition) is 5. The smallest absolute Gasteiger partial charge is 0.303 e. The van der Waals surface area contributed by atoms with Crippen molar-refractivity contribution in [2.45, 2.75) is 39.5 Å². The van der Waals surface area contributed by atoms with Gasteiger partial charge in [-0.15, -0.1) is 0 Å². The van der Waals surface area contributed by atoms with Crippen LogP contribution in [-0.2, 0) is 4.79 Å². The number of carboxylic acids is 1. The first kappa shape index (κ1) is 14.6. The molecule has 1 saturated carbocycles. The van der Waals surface area contributed by atoms with Gasteiger partial charge in [-0.3, -0.25) is 4.79 Å². The number of rotatable bonds is 7. The molecular formula is C14H21N3O3. The molecule has 1 aliphatic rings. The van der Waals surface area contributed by atoms with Gasteiger partial charge in [0.1, 0.15) is 12.1 Å². The molecule has 0 bridgehead atoms. The van der Waals surface area contributed by atoms with E-state index in [2.05, 4.69) is 15.3 Å². The lowest BCUT2D eigenvalue weighted by Crippen LogP contribution is -2.38. The molecule has 0 spiro atoms. The molecule has 0 unspecified atom stereocenters. The van der Waals surface area contributed by atoms with E-state index >= 15 is 0 Å². The zero-order valence-corrected chi connectivity index (χ0v) is 12.0. The maximum atomic E-state index is 11.0. The molecule has 0 saturated heterocycles. The number of nitrogens with zero attached hydrogens (tertiary/aromatic N) is 2. The van der Waals surface area contributed by atoms with Crippen LogP contribution in [0.4, 0.5) is 5.82 Å². The normalized spacial score (nSPS) is 16.3. The highest BCUT2D eigenvalue weighted by Gasteiger charge is 2.39. The van der Waals surface area contributed by atoms with Gasteiger partial charge in [-0.25, -0.2) is 9.97 Å². The average Bonchev–Trinajstić information content (AvgIpc) is 2.36. The maximum Gasteiger partial charge on any atom is 0.303 e. The molecule has 0 atom stereocenters. The molecule has 6 heteroatoms. The van der Waals surface area contributed by atoms with Crippen LogP contribution in [0.25, 0.3) is 0 Å². The molecule has 0 aliphatic heterocycles. The SMILES string of the molecule is CCOc1ncnc(NCC2(CC(=O)O)CCC2)c1C. The molecule has 0 amide bonds. The third-order valence-corrected chi connectivity index (χ3v) is 3.89. The predicted molar refractivity (Wildman–Crippen MR) is 75.0 cm³/mol. The molecule has 1 aromatic heterocycles. The van der Waals surface area contributed by atoms with Gasteiger partial charge in [-0.05, 0) is 32.1 Å². The van der Waals surface area contributed by atoms with Gasteiger partial charge in [0, 0.05) is 6.54 Å². The summed E-state index contributed by atoms with van der Waals surface area (Å²) >= 11 is 0. The number of nitrogens with one attached hydrogen (secondary N) is 1. The molecule has 1 aliphatic carbocycles. The van der Waals surface area contributed by atoms with Gasteiger partial charge in [-0.2, -0.15) is 0 Å². The molecule has 0 radical (unpaired) electrons. The highest BCUT2D eigenvalue weighted by atomic mass is 16.5. The summed E-state index contributed by atoms with van der Waals surface area (Å²) in [4.78, 5) is 19.3. The Morgan fingerprint density at radius 2 is 2.25 bits per heavy atom. The molecule has 0 aromatic carbocycles. The highest BCUT2D eigenvalue weighted by Crippen LogP contribution is 2.44. The molecule has 2 rings (SSSR count). The van der Waals surface area contributed by atoms with Crippen LogP contribution < -0.4 is 10.1 Å². The van der Waals surface area contributed by atoms with Gasteiger partial charge in [0.05, 0.1) is 18.6 Å². The molecule has 110 valence electrons. The van der Waals surface area contributed by atoms with Gasteiger partial charge in [0.2, 0.25) is 5.88 Å². The Labute approximate surface area is 118 Å². The van der Waals surface area contributed by atoms with E-state index in [0.717, 1.165) is 30.6 Å². The van der Waals surface area contributed by atoms with Crippen molar-refractivity contribution in [2.75, 3.05) is 18.5 Å². The highest BCUT2D eigenvalue weighted by molar-refractivity contribution is 5.68. The van der Waals surface area contributed by atoms with Crippen LogP contribution in [0.15, 0.2) is 6.33 Å². The molecule has 1 aromatic rings. The quantitative estimate of drug-likeness (QED) is 0.796. The average molecular weight is 279 g/mol. The van der Waals surface area contributed by atoms with E-state index in [1.165, 1.54) is 6.33 Å². The summed E-state index contributed by atoms with van der Waals surface area (Å²) < 4.78 is 5.43. The third-order valence-electron chi connectivity index (χ3n) is 3.89. The Hall–Kier alpha value is -1.85. The van der Waals surface area contributed by atoms with Crippen LogP contribution in [0, 0.1) is 12.3 Å². The summed E-state index contributed by atoms with van der Waals surface area (Å²) in [5.41, 5.74) is 0.730. The van der Waals surface area contributed by atoms with Crippen LogP contribution in [-0.4, -0.2) is 34.2 Å². The van der Waals surface area contributed by atoms with Crippen molar-refractivity contribution in [3.05, 3.63) is 11.9 Å². The standard InChI is InChI=1S/C14H21N3O3/c1-3-20-13-10(2)12(16-9-17-13)15-8-14(5-4-6-14)7-11(18)19/h9H,3-8H2,1-2H3,(H,18,19)(H,15,16,17). The fraction of sp³-hybridized carbons (Fsp3) is 0.643. The second-order valence-electron chi connectivity index (χ2n) is 5.36. The Morgan fingerprint density at radius 3 is 2.80 bits per heavy atom.